The summed E-state index contributed by atoms with van der Waals surface area (Å²) in [6, 6.07) is 8.68. The van der Waals surface area contributed by atoms with Gasteiger partial charge in [-0.15, -0.1) is 0 Å². The van der Waals surface area contributed by atoms with Crippen molar-refractivity contribution in [3.8, 4) is 0 Å². The molecule has 1 heterocycles. The molecule has 1 aromatic heterocycles. The van der Waals surface area contributed by atoms with E-state index in [9.17, 15) is 0 Å². The van der Waals surface area contributed by atoms with Gasteiger partial charge in [0.05, 0.1) is 23.0 Å². The molecule has 1 atom stereocenters. The standard InChI is InChI=1S/C15H20ClN3/c1-10(2)19-15(13(16)9-18-19)14(17-4)12-8-6-5-7-11(12)3/h5-10,14,17H,1-4H3. The molecule has 102 valence electrons. The molecule has 4 heteroatoms. The second-order valence-corrected chi connectivity index (χ2v) is 5.40. The number of benzene rings is 1. The van der Waals surface area contributed by atoms with Gasteiger partial charge in [-0.1, -0.05) is 35.9 Å². The van der Waals surface area contributed by atoms with Crippen LogP contribution in [0.5, 0.6) is 0 Å². The highest BCUT2D eigenvalue weighted by Crippen LogP contribution is 2.31. The van der Waals surface area contributed by atoms with Crippen LogP contribution in [0.1, 0.15) is 42.8 Å². The lowest BCUT2D eigenvalue weighted by molar-refractivity contribution is 0.483. The number of aromatic nitrogens is 2. The van der Waals surface area contributed by atoms with Crippen LogP contribution in [-0.2, 0) is 0 Å². The van der Waals surface area contributed by atoms with Crippen molar-refractivity contribution in [1.82, 2.24) is 15.1 Å². The zero-order valence-electron chi connectivity index (χ0n) is 11.8. The summed E-state index contributed by atoms with van der Waals surface area (Å²) in [6.07, 6.45) is 1.72. The lowest BCUT2D eigenvalue weighted by Crippen LogP contribution is -2.23. The monoisotopic (exact) mass is 277 g/mol. The Morgan fingerprint density at radius 2 is 1.95 bits per heavy atom. The molecule has 0 saturated carbocycles. The molecule has 0 aliphatic carbocycles. The van der Waals surface area contributed by atoms with E-state index in [0.717, 1.165) is 5.69 Å². The molecular weight excluding hydrogens is 258 g/mol. The summed E-state index contributed by atoms with van der Waals surface area (Å²) in [4.78, 5) is 0. The van der Waals surface area contributed by atoms with Crippen molar-refractivity contribution in [1.29, 1.82) is 0 Å². The van der Waals surface area contributed by atoms with Crippen LogP contribution >= 0.6 is 11.6 Å². The Hall–Kier alpha value is -1.32. The van der Waals surface area contributed by atoms with E-state index < -0.39 is 0 Å². The third kappa shape index (κ3) is 2.67. The van der Waals surface area contributed by atoms with Gasteiger partial charge < -0.3 is 5.32 Å². The summed E-state index contributed by atoms with van der Waals surface area (Å²) in [5.41, 5.74) is 3.50. The molecule has 0 spiro atoms. The van der Waals surface area contributed by atoms with E-state index >= 15 is 0 Å². The van der Waals surface area contributed by atoms with Crippen LogP contribution in [0.15, 0.2) is 30.5 Å². The summed E-state index contributed by atoms with van der Waals surface area (Å²) in [7, 11) is 1.95. The maximum Gasteiger partial charge on any atom is 0.0837 e. The number of hydrogen-bond acceptors (Lipinski definition) is 2. The van der Waals surface area contributed by atoms with Gasteiger partial charge >= 0.3 is 0 Å². The predicted octanol–water partition coefficient (Wildman–Crippen LogP) is 3.73. The van der Waals surface area contributed by atoms with E-state index in [1.807, 2.05) is 17.8 Å². The van der Waals surface area contributed by atoms with E-state index in [1.165, 1.54) is 11.1 Å². The van der Waals surface area contributed by atoms with E-state index in [1.54, 1.807) is 6.20 Å². The van der Waals surface area contributed by atoms with E-state index in [0.29, 0.717) is 5.02 Å². The van der Waals surface area contributed by atoms with Crippen molar-refractivity contribution in [3.63, 3.8) is 0 Å². The molecule has 1 aromatic carbocycles. The fourth-order valence-electron chi connectivity index (χ4n) is 2.38. The van der Waals surface area contributed by atoms with Crippen LogP contribution < -0.4 is 5.32 Å². The lowest BCUT2D eigenvalue weighted by Gasteiger charge is -2.22. The van der Waals surface area contributed by atoms with Gasteiger partial charge in [-0.05, 0) is 38.9 Å². The Bertz CT molecular complexity index is 560. The molecule has 0 saturated heterocycles. The van der Waals surface area contributed by atoms with Crippen molar-refractivity contribution in [2.45, 2.75) is 32.9 Å². The smallest absolute Gasteiger partial charge is 0.0837 e. The van der Waals surface area contributed by atoms with Crippen LogP contribution in [0, 0.1) is 6.92 Å². The SMILES string of the molecule is CNC(c1ccccc1C)c1c(Cl)cnn1C(C)C. The van der Waals surface area contributed by atoms with Crippen LogP contribution in [-0.4, -0.2) is 16.8 Å². The van der Waals surface area contributed by atoms with E-state index in [-0.39, 0.29) is 12.1 Å². The number of halogens is 1. The fourth-order valence-corrected chi connectivity index (χ4v) is 2.62. The topological polar surface area (TPSA) is 29.9 Å². The van der Waals surface area contributed by atoms with Gasteiger partial charge in [0.15, 0.2) is 0 Å². The number of rotatable bonds is 4. The first-order valence-electron chi connectivity index (χ1n) is 6.52. The van der Waals surface area contributed by atoms with Crippen molar-refractivity contribution >= 4 is 11.6 Å². The van der Waals surface area contributed by atoms with Crippen molar-refractivity contribution in [2.75, 3.05) is 7.05 Å². The molecule has 1 N–H and O–H groups in total. The number of nitrogens with one attached hydrogen (secondary N) is 1. The Morgan fingerprint density at radius 1 is 1.26 bits per heavy atom. The molecular formula is C15H20ClN3. The Kier molecular flexibility index (Phi) is 4.27. The zero-order valence-corrected chi connectivity index (χ0v) is 12.6. The first-order valence-corrected chi connectivity index (χ1v) is 6.89. The summed E-state index contributed by atoms with van der Waals surface area (Å²) in [5.74, 6) is 0. The molecule has 2 aromatic rings. The highest BCUT2D eigenvalue weighted by Gasteiger charge is 2.22. The quantitative estimate of drug-likeness (QED) is 0.923. The molecule has 0 aliphatic heterocycles. The average molecular weight is 278 g/mol. The van der Waals surface area contributed by atoms with Crippen LogP contribution in [0.4, 0.5) is 0 Å². The number of hydrogen-bond donors (Lipinski definition) is 1. The molecule has 0 radical (unpaired) electrons. The Labute approximate surface area is 119 Å². The van der Waals surface area contributed by atoms with Gasteiger partial charge in [-0.2, -0.15) is 5.10 Å². The maximum atomic E-state index is 6.34. The summed E-state index contributed by atoms with van der Waals surface area (Å²) >= 11 is 6.34. The van der Waals surface area contributed by atoms with Gasteiger partial charge in [0.1, 0.15) is 0 Å². The molecule has 0 fully saturated rings. The fraction of sp³-hybridized carbons (Fsp3) is 0.400. The molecule has 19 heavy (non-hydrogen) atoms. The Balaban J connectivity index is 2.55. The molecule has 0 bridgehead atoms. The van der Waals surface area contributed by atoms with Gasteiger partial charge in [-0.25, -0.2) is 0 Å². The average Bonchev–Trinajstić information content (AvgIpc) is 2.75. The third-order valence-corrected chi connectivity index (χ3v) is 3.63. The van der Waals surface area contributed by atoms with Crippen LogP contribution in [0.2, 0.25) is 5.02 Å². The highest BCUT2D eigenvalue weighted by atomic mass is 35.5. The molecule has 0 amide bonds. The summed E-state index contributed by atoms with van der Waals surface area (Å²) in [6.45, 7) is 6.33. The maximum absolute atomic E-state index is 6.34. The first-order chi connectivity index (χ1) is 9.06. The normalized spacial score (nSPS) is 12.9. The minimum absolute atomic E-state index is 0.0543. The van der Waals surface area contributed by atoms with Gasteiger partial charge in [0.25, 0.3) is 0 Å². The summed E-state index contributed by atoms with van der Waals surface area (Å²) in [5, 5.41) is 8.44. The largest absolute Gasteiger partial charge is 0.308 e. The van der Waals surface area contributed by atoms with Gasteiger partial charge in [-0.3, -0.25) is 4.68 Å². The van der Waals surface area contributed by atoms with Crippen molar-refractivity contribution in [3.05, 3.63) is 52.3 Å². The number of nitrogens with zero attached hydrogens (tertiary/aromatic N) is 2. The van der Waals surface area contributed by atoms with E-state index in [4.69, 9.17) is 11.6 Å². The van der Waals surface area contributed by atoms with E-state index in [2.05, 4.69) is 49.4 Å². The third-order valence-electron chi connectivity index (χ3n) is 3.34. The minimum Gasteiger partial charge on any atom is -0.308 e. The highest BCUT2D eigenvalue weighted by molar-refractivity contribution is 6.31. The van der Waals surface area contributed by atoms with Crippen molar-refractivity contribution in [2.24, 2.45) is 0 Å². The molecule has 1 unspecified atom stereocenters. The van der Waals surface area contributed by atoms with Gasteiger partial charge in [0, 0.05) is 6.04 Å². The van der Waals surface area contributed by atoms with Crippen LogP contribution in [0.25, 0.3) is 0 Å². The summed E-state index contributed by atoms with van der Waals surface area (Å²) < 4.78 is 1.98. The molecule has 3 nitrogen and oxygen atoms in total. The zero-order chi connectivity index (χ0) is 14.0. The Morgan fingerprint density at radius 3 is 2.53 bits per heavy atom. The molecule has 2 rings (SSSR count). The predicted molar refractivity (Wildman–Crippen MR) is 79.7 cm³/mol. The second kappa shape index (κ2) is 5.76. The van der Waals surface area contributed by atoms with Crippen LogP contribution in [0.3, 0.4) is 0 Å². The minimum atomic E-state index is 0.0543. The van der Waals surface area contributed by atoms with Crippen molar-refractivity contribution < 1.29 is 0 Å². The molecule has 0 aliphatic rings. The van der Waals surface area contributed by atoms with Gasteiger partial charge in [0.2, 0.25) is 0 Å². The second-order valence-electron chi connectivity index (χ2n) is 4.99. The first kappa shape index (κ1) is 14.1. The number of aryl methyl sites for hydroxylation is 1. The lowest BCUT2D eigenvalue weighted by atomic mass is 9.98.